The highest BCUT2D eigenvalue weighted by Crippen LogP contribution is 2.37. The van der Waals surface area contributed by atoms with Crippen LogP contribution < -0.4 is 16.1 Å². The number of benzene rings is 5. The molecule has 50 heavy (non-hydrogen) atoms. The Hall–Kier alpha value is -4.30. The maximum Gasteiger partial charge on any atom is 0.261 e. The lowest BCUT2D eigenvalue weighted by molar-refractivity contribution is -0.137. The van der Waals surface area contributed by atoms with Crippen molar-refractivity contribution in [2.75, 3.05) is 25.5 Å². The Morgan fingerprint density at radius 3 is 1.84 bits per heavy atom. The van der Waals surface area contributed by atoms with Crippen LogP contribution in [0.1, 0.15) is 37.5 Å². The summed E-state index contributed by atoms with van der Waals surface area (Å²) in [6.45, 7) is 9.92. The Balaban J connectivity index is 1.36. The van der Waals surface area contributed by atoms with Gasteiger partial charge in [0, 0.05) is 18.8 Å². The summed E-state index contributed by atoms with van der Waals surface area (Å²) >= 11 is 0. The number of nitrogens with zero attached hydrogens (tertiary/aromatic N) is 1. The third-order valence-electron chi connectivity index (χ3n) is 9.66. The van der Waals surface area contributed by atoms with Crippen molar-refractivity contribution >= 4 is 30.5 Å². The highest BCUT2D eigenvalue weighted by molar-refractivity contribution is 6.99. The molecule has 0 spiro atoms. The molecule has 0 aromatic heterocycles. The Labute approximate surface area is 299 Å². The fraction of sp³-hybridized carbons (Fsp3) is 0.273. The van der Waals surface area contributed by atoms with Crippen molar-refractivity contribution < 1.29 is 13.9 Å². The lowest BCUT2D eigenvalue weighted by atomic mass is 10.0. The van der Waals surface area contributed by atoms with Crippen LogP contribution in [0, 0.1) is 0 Å². The van der Waals surface area contributed by atoms with Gasteiger partial charge in [0.25, 0.3) is 8.32 Å². The summed E-state index contributed by atoms with van der Waals surface area (Å²) in [4.78, 5) is 2.52. The van der Waals surface area contributed by atoms with Gasteiger partial charge in [0.1, 0.15) is 0 Å². The monoisotopic (exact) mass is 682 g/mol. The van der Waals surface area contributed by atoms with Crippen molar-refractivity contribution in [2.24, 2.45) is 0 Å². The molecular formula is C44H50N2O3Si. The predicted molar refractivity (Wildman–Crippen MR) is 209 cm³/mol. The number of nitrogen functional groups attached to an aromatic ring is 1. The Morgan fingerprint density at radius 1 is 0.720 bits per heavy atom. The highest BCUT2D eigenvalue weighted by atomic mass is 28.4. The van der Waals surface area contributed by atoms with Gasteiger partial charge in [0.2, 0.25) is 0 Å². The zero-order valence-corrected chi connectivity index (χ0v) is 30.5. The van der Waals surface area contributed by atoms with Gasteiger partial charge in [-0.1, -0.05) is 172 Å². The average molecular weight is 683 g/mol. The molecule has 2 N–H and O–H groups in total. The zero-order valence-electron chi connectivity index (χ0n) is 29.5. The number of anilines is 1. The van der Waals surface area contributed by atoms with E-state index in [4.69, 9.17) is 19.6 Å². The van der Waals surface area contributed by atoms with E-state index in [1.54, 1.807) is 0 Å². The summed E-state index contributed by atoms with van der Waals surface area (Å²) in [5, 5.41) is 2.35. The van der Waals surface area contributed by atoms with E-state index >= 15 is 0 Å². The molecule has 0 saturated carbocycles. The normalized spacial score (nSPS) is 18.7. The summed E-state index contributed by atoms with van der Waals surface area (Å²) in [5.41, 5.74) is 10.5. The highest BCUT2D eigenvalue weighted by Gasteiger charge is 2.51. The van der Waals surface area contributed by atoms with Crippen LogP contribution in [0.4, 0.5) is 5.69 Å². The summed E-state index contributed by atoms with van der Waals surface area (Å²) in [5.74, 6) is 0. The molecule has 1 aliphatic rings. The molecule has 5 aromatic carbocycles. The maximum atomic E-state index is 7.52. The molecule has 0 radical (unpaired) electrons. The average Bonchev–Trinajstić information content (AvgIpc) is 3.13. The number of nitrogens with two attached hydrogens (primary N) is 1. The van der Waals surface area contributed by atoms with E-state index in [0.29, 0.717) is 26.4 Å². The first kappa shape index (κ1) is 35.5. The molecule has 0 bridgehead atoms. The minimum atomic E-state index is -2.82. The number of hydrogen-bond donors (Lipinski definition) is 1. The molecule has 0 aliphatic carbocycles. The van der Waals surface area contributed by atoms with Crippen molar-refractivity contribution in [2.45, 2.75) is 57.2 Å². The van der Waals surface area contributed by atoms with E-state index in [1.807, 2.05) is 30.3 Å². The molecule has 258 valence electrons. The molecule has 0 unspecified atom stereocenters. The van der Waals surface area contributed by atoms with Crippen molar-refractivity contribution in [3.8, 4) is 0 Å². The van der Waals surface area contributed by atoms with Crippen LogP contribution >= 0.6 is 0 Å². The Kier molecular flexibility index (Phi) is 11.8. The van der Waals surface area contributed by atoms with Gasteiger partial charge in [0.05, 0.1) is 38.1 Å². The second-order valence-electron chi connectivity index (χ2n) is 14.2. The van der Waals surface area contributed by atoms with Gasteiger partial charge in [-0.05, 0) is 38.2 Å². The van der Waals surface area contributed by atoms with E-state index in [1.165, 1.54) is 15.9 Å². The second kappa shape index (κ2) is 16.6. The first-order valence-electron chi connectivity index (χ1n) is 17.7. The largest absolute Gasteiger partial charge is 0.405 e. The van der Waals surface area contributed by atoms with Crippen molar-refractivity contribution in [1.82, 2.24) is 4.90 Å². The van der Waals surface area contributed by atoms with E-state index in [-0.39, 0.29) is 23.3 Å². The first-order chi connectivity index (χ1) is 24.3. The standard InChI is InChI=1S/C44H50N2O3Si/c1-44(2,3)50(39-23-12-6-13-24-39,40-25-14-7-15-26-40)48-34-43-42(33-47-32-36-20-10-5-11-21-36)46(30-35-18-8-4-9-19-35)31-38(49-43)29-28-37-22-16-17-27-41(37)45/h4-29,38,42-43H,30-34,45H2,1-3H3/t38-,42-,43-/m1/s1. The minimum absolute atomic E-state index is 0.0384. The molecule has 3 atom stereocenters. The number of morpholine rings is 1. The zero-order chi connectivity index (χ0) is 34.8. The molecule has 5 aromatic rings. The van der Waals surface area contributed by atoms with Crippen LogP contribution in [0.5, 0.6) is 0 Å². The van der Waals surface area contributed by atoms with Gasteiger partial charge in [-0.2, -0.15) is 0 Å². The van der Waals surface area contributed by atoms with Crippen LogP contribution in [0.25, 0.3) is 6.08 Å². The summed E-state index contributed by atoms with van der Waals surface area (Å²) in [6, 6.07) is 50.6. The molecule has 6 heteroatoms. The number of hydrogen-bond acceptors (Lipinski definition) is 5. The van der Waals surface area contributed by atoms with Crippen molar-refractivity contribution in [1.29, 1.82) is 0 Å². The Bertz CT molecular complexity index is 1740. The van der Waals surface area contributed by atoms with Crippen LogP contribution in [0.2, 0.25) is 5.04 Å². The maximum absolute atomic E-state index is 7.52. The van der Waals surface area contributed by atoms with Gasteiger partial charge in [-0.3, -0.25) is 4.90 Å². The SMILES string of the molecule is CC(C)(C)[Si](OC[C@H]1O[C@H](C=Cc2ccccc2N)CN(Cc2ccccc2)[C@@H]1COCc1ccccc1)(c1ccccc1)c1ccccc1. The van der Waals surface area contributed by atoms with E-state index in [2.05, 4.69) is 153 Å². The minimum Gasteiger partial charge on any atom is -0.405 e. The van der Waals surface area contributed by atoms with Crippen LogP contribution in [-0.2, 0) is 27.1 Å². The molecular weight excluding hydrogens is 633 g/mol. The van der Waals surface area contributed by atoms with Crippen LogP contribution in [-0.4, -0.2) is 51.2 Å². The second-order valence-corrected chi connectivity index (χ2v) is 18.5. The number of ether oxygens (including phenoxy) is 2. The van der Waals surface area contributed by atoms with E-state index in [9.17, 15) is 0 Å². The van der Waals surface area contributed by atoms with Gasteiger partial charge in [-0.25, -0.2) is 0 Å². The molecule has 1 fully saturated rings. The van der Waals surface area contributed by atoms with E-state index < -0.39 is 8.32 Å². The number of para-hydroxylation sites is 1. The van der Waals surface area contributed by atoms with Crippen LogP contribution in [0.3, 0.4) is 0 Å². The molecule has 5 nitrogen and oxygen atoms in total. The Morgan fingerprint density at radius 2 is 1.26 bits per heavy atom. The van der Waals surface area contributed by atoms with Gasteiger partial charge in [-0.15, -0.1) is 0 Å². The van der Waals surface area contributed by atoms with Gasteiger partial charge in [0.15, 0.2) is 0 Å². The third-order valence-corrected chi connectivity index (χ3v) is 14.7. The molecule has 1 aliphatic heterocycles. The molecule has 1 heterocycles. The quantitative estimate of drug-likeness (QED) is 0.102. The molecule has 1 saturated heterocycles. The summed E-state index contributed by atoms with van der Waals surface area (Å²) in [7, 11) is -2.82. The van der Waals surface area contributed by atoms with Gasteiger partial charge < -0.3 is 19.6 Å². The summed E-state index contributed by atoms with van der Waals surface area (Å²) in [6.07, 6.45) is 3.82. The summed E-state index contributed by atoms with van der Waals surface area (Å²) < 4.78 is 21.1. The van der Waals surface area contributed by atoms with Crippen molar-refractivity contribution in [3.63, 3.8) is 0 Å². The predicted octanol–water partition coefficient (Wildman–Crippen LogP) is 7.71. The lowest BCUT2D eigenvalue weighted by Crippen LogP contribution is -2.68. The van der Waals surface area contributed by atoms with E-state index in [0.717, 1.165) is 23.4 Å². The fourth-order valence-electron chi connectivity index (χ4n) is 7.14. The lowest BCUT2D eigenvalue weighted by Gasteiger charge is -2.47. The molecule has 6 rings (SSSR count). The van der Waals surface area contributed by atoms with Gasteiger partial charge >= 0.3 is 0 Å². The fourth-order valence-corrected chi connectivity index (χ4v) is 11.7. The van der Waals surface area contributed by atoms with Crippen molar-refractivity contribution in [3.05, 3.63) is 168 Å². The first-order valence-corrected chi connectivity index (χ1v) is 19.6. The van der Waals surface area contributed by atoms with Crippen LogP contribution in [0.15, 0.2) is 152 Å². The number of rotatable bonds is 13. The third kappa shape index (κ3) is 8.52. The smallest absolute Gasteiger partial charge is 0.261 e. The molecule has 0 amide bonds. The topological polar surface area (TPSA) is 57.0 Å².